The lowest BCUT2D eigenvalue weighted by Gasteiger charge is -2.15. The first kappa shape index (κ1) is 21.2. The van der Waals surface area contributed by atoms with Gasteiger partial charge in [0.2, 0.25) is 0 Å². The largest absolute Gasteiger partial charge is 0.496 e. The fourth-order valence-corrected chi connectivity index (χ4v) is 2.61. The van der Waals surface area contributed by atoms with Gasteiger partial charge in [-0.05, 0) is 24.3 Å². The molecule has 2 aromatic carbocycles. The highest BCUT2D eigenvalue weighted by Crippen LogP contribution is 2.34. The quantitative estimate of drug-likeness (QED) is 0.658. The summed E-state index contributed by atoms with van der Waals surface area (Å²) in [6.45, 7) is -0.132. The van der Waals surface area contributed by atoms with Crippen molar-refractivity contribution in [1.82, 2.24) is 5.32 Å². The van der Waals surface area contributed by atoms with Crippen LogP contribution in [0.5, 0.6) is 23.0 Å². The van der Waals surface area contributed by atoms with E-state index < -0.39 is 11.8 Å². The van der Waals surface area contributed by atoms with Gasteiger partial charge in [0.05, 0.1) is 26.9 Å². The maximum atomic E-state index is 12.1. The van der Waals surface area contributed by atoms with Gasteiger partial charge in [-0.3, -0.25) is 9.59 Å². The lowest BCUT2D eigenvalue weighted by atomic mass is 10.1. The third-order valence-electron chi connectivity index (χ3n) is 3.83. The van der Waals surface area contributed by atoms with Crippen molar-refractivity contribution in [2.24, 2.45) is 5.73 Å². The van der Waals surface area contributed by atoms with Crippen LogP contribution in [-0.2, 0) is 11.3 Å². The predicted octanol–water partition coefficient (Wildman–Crippen LogP) is 2.16. The molecular weight excluding hydrogens is 388 g/mol. The van der Waals surface area contributed by atoms with Crippen LogP contribution in [0.4, 0.5) is 0 Å². The molecule has 0 aromatic heterocycles. The smallest absolute Gasteiger partial charge is 0.258 e. The lowest BCUT2D eigenvalue weighted by Crippen LogP contribution is -2.29. The minimum atomic E-state index is -0.701. The molecule has 9 heteroatoms. The molecule has 0 heterocycles. The molecule has 3 N–H and O–H groups in total. The first-order valence-corrected chi connectivity index (χ1v) is 8.55. The standard InChI is InChI=1S/C19H21ClN2O6/c1-25-15-8-17(27-3)16(26-2)6-11(15)9-22-18(23)10-28-14-5-4-12(20)7-13(14)19(21)24/h4-8H,9-10H2,1-3H3,(H2,21,24)(H,22,23). The SMILES string of the molecule is COc1cc(OC)c(OC)cc1CNC(=O)COc1ccc(Cl)cc1C(N)=O. The van der Waals surface area contributed by atoms with E-state index in [-0.39, 0.29) is 24.5 Å². The normalized spacial score (nSPS) is 10.1. The highest BCUT2D eigenvalue weighted by atomic mass is 35.5. The fraction of sp³-hybridized carbons (Fsp3) is 0.263. The highest BCUT2D eigenvalue weighted by molar-refractivity contribution is 6.31. The number of nitrogens with one attached hydrogen (secondary N) is 1. The molecule has 0 aliphatic heterocycles. The van der Waals surface area contributed by atoms with Crippen molar-refractivity contribution in [3.63, 3.8) is 0 Å². The van der Waals surface area contributed by atoms with Gasteiger partial charge in [0, 0.05) is 23.2 Å². The molecule has 0 bridgehead atoms. The predicted molar refractivity (Wildman–Crippen MR) is 103 cm³/mol. The van der Waals surface area contributed by atoms with Crippen LogP contribution in [0.2, 0.25) is 5.02 Å². The number of hydrogen-bond donors (Lipinski definition) is 2. The highest BCUT2D eigenvalue weighted by Gasteiger charge is 2.14. The molecule has 8 nitrogen and oxygen atoms in total. The zero-order chi connectivity index (χ0) is 20.7. The van der Waals surface area contributed by atoms with Crippen LogP contribution in [0.15, 0.2) is 30.3 Å². The van der Waals surface area contributed by atoms with E-state index in [0.717, 1.165) is 0 Å². The number of primary amides is 1. The van der Waals surface area contributed by atoms with E-state index in [1.807, 2.05) is 0 Å². The number of amides is 2. The Kier molecular flexibility index (Phi) is 7.34. The molecule has 0 aliphatic rings. The summed E-state index contributed by atoms with van der Waals surface area (Å²) in [5, 5.41) is 3.05. The molecule has 0 aliphatic carbocycles. The Bertz CT molecular complexity index is 872. The van der Waals surface area contributed by atoms with Gasteiger partial charge >= 0.3 is 0 Å². The van der Waals surface area contributed by atoms with Gasteiger partial charge in [0.1, 0.15) is 11.5 Å². The molecule has 0 saturated carbocycles. The molecule has 0 spiro atoms. The van der Waals surface area contributed by atoms with E-state index in [0.29, 0.717) is 27.8 Å². The Morgan fingerprint density at radius 1 is 0.964 bits per heavy atom. The van der Waals surface area contributed by atoms with E-state index in [9.17, 15) is 9.59 Å². The van der Waals surface area contributed by atoms with Crippen LogP contribution in [-0.4, -0.2) is 39.8 Å². The Labute approximate surface area is 167 Å². The van der Waals surface area contributed by atoms with Crippen LogP contribution in [0.25, 0.3) is 0 Å². The van der Waals surface area contributed by atoms with Crippen LogP contribution in [0, 0.1) is 0 Å². The van der Waals surface area contributed by atoms with Crippen molar-refractivity contribution in [3.8, 4) is 23.0 Å². The monoisotopic (exact) mass is 408 g/mol. The first-order chi connectivity index (χ1) is 13.4. The molecule has 150 valence electrons. The third kappa shape index (κ3) is 5.20. The summed E-state index contributed by atoms with van der Waals surface area (Å²) in [6.07, 6.45) is 0. The summed E-state index contributed by atoms with van der Waals surface area (Å²) in [7, 11) is 4.55. The Morgan fingerprint density at radius 2 is 1.61 bits per heavy atom. The van der Waals surface area contributed by atoms with Gasteiger partial charge in [-0.1, -0.05) is 11.6 Å². The average molecular weight is 409 g/mol. The van der Waals surface area contributed by atoms with Gasteiger partial charge in [0.15, 0.2) is 18.1 Å². The van der Waals surface area contributed by atoms with Gasteiger partial charge in [0.25, 0.3) is 11.8 Å². The number of rotatable bonds is 9. The first-order valence-electron chi connectivity index (χ1n) is 8.17. The van der Waals surface area contributed by atoms with Crippen LogP contribution >= 0.6 is 11.6 Å². The van der Waals surface area contributed by atoms with E-state index in [1.54, 1.807) is 12.1 Å². The summed E-state index contributed by atoms with van der Waals surface area (Å²) in [5.41, 5.74) is 6.08. The van der Waals surface area contributed by atoms with Crippen molar-refractivity contribution >= 4 is 23.4 Å². The molecular formula is C19H21ClN2O6. The second-order valence-electron chi connectivity index (χ2n) is 5.59. The van der Waals surface area contributed by atoms with Crippen molar-refractivity contribution < 1.29 is 28.5 Å². The van der Waals surface area contributed by atoms with Crippen molar-refractivity contribution in [2.45, 2.75) is 6.54 Å². The number of halogens is 1. The number of carbonyl (C=O) groups is 2. The van der Waals surface area contributed by atoms with Crippen LogP contribution in [0.3, 0.4) is 0 Å². The van der Waals surface area contributed by atoms with Gasteiger partial charge in [-0.25, -0.2) is 0 Å². The molecule has 2 rings (SSSR count). The summed E-state index contributed by atoms with van der Waals surface area (Å²) in [4.78, 5) is 23.6. The maximum absolute atomic E-state index is 12.1. The molecule has 0 saturated heterocycles. The number of nitrogens with two attached hydrogens (primary N) is 1. The van der Waals surface area contributed by atoms with Gasteiger partial charge in [-0.2, -0.15) is 0 Å². The summed E-state index contributed by atoms with van der Waals surface area (Å²) in [6, 6.07) is 7.78. The maximum Gasteiger partial charge on any atom is 0.258 e. The topological polar surface area (TPSA) is 109 Å². The molecule has 28 heavy (non-hydrogen) atoms. The van der Waals surface area contributed by atoms with E-state index >= 15 is 0 Å². The molecule has 0 fully saturated rings. The average Bonchev–Trinajstić information content (AvgIpc) is 2.70. The Morgan fingerprint density at radius 3 is 2.21 bits per heavy atom. The van der Waals surface area contributed by atoms with E-state index in [1.165, 1.54) is 39.5 Å². The molecule has 2 amide bonds. The van der Waals surface area contributed by atoms with E-state index in [4.69, 9.17) is 36.3 Å². The number of carbonyl (C=O) groups excluding carboxylic acids is 2. The minimum absolute atomic E-state index is 0.0989. The summed E-state index contributed by atoms with van der Waals surface area (Å²) in [5.74, 6) is 0.633. The Hall–Kier alpha value is -3.13. The number of ether oxygens (including phenoxy) is 4. The molecule has 0 atom stereocenters. The number of hydrogen-bond acceptors (Lipinski definition) is 6. The fourth-order valence-electron chi connectivity index (χ4n) is 2.44. The number of methoxy groups -OCH3 is 3. The van der Waals surface area contributed by atoms with Crippen LogP contribution < -0.4 is 30.0 Å². The zero-order valence-electron chi connectivity index (χ0n) is 15.7. The lowest BCUT2D eigenvalue weighted by molar-refractivity contribution is -0.123. The second-order valence-corrected chi connectivity index (χ2v) is 6.03. The van der Waals surface area contributed by atoms with Crippen molar-refractivity contribution in [3.05, 3.63) is 46.5 Å². The molecule has 2 aromatic rings. The van der Waals surface area contributed by atoms with Gasteiger partial charge in [-0.15, -0.1) is 0 Å². The van der Waals surface area contributed by atoms with Crippen molar-refractivity contribution in [1.29, 1.82) is 0 Å². The van der Waals surface area contributed by atoms with Gasteiger partial charge < -0.3 is 30.0 Å². The summed E-state index contributed by atoms with van der Waals surface area (Å²) < 4.78 is 21.2. The Balaban J connectivity index is 2.03. The zero-order valence-corrected chi connectivity index (χ0v) is 16.5. The third-order valence-corrected chi connectivity index (χ3v) is 4.06. The van der Waals surface area contributed by atoms with Crippen molar-refractivity contribution in [2.75, 3.05) is 27.9 Å². The summed E-state index contributed by atoms with van der Waals surface area (Å²) >= 11 is 5.84. The van der Waals surface area contributed by atoms with E-state index in [2.05, 4.69) is 5.32 Å². The molecule has 0 radical (unpaired) electrons. The minimum Gasteiger partial charge on any atom is -0.496 e. The second kappa shape index (κ2) is 9.70. The van der Waals surface area contributed by atoms with Crippen LogP contribution in [0.1, 0.15) is 15.9 Å². The molecule has 0 unspecified atom stereocenters. The number of benzene rings is 2.